The van der Waals surface area contributed by atoms with E-state index in [-0.39, 0.29) is 11.9 Å². The summed E-state index contributed by atoms with van der Waals surface area (Å²) in [6.45, 7) is 4.62. The first-order chi connectivity index (χ1) is 12.3. The molecule has 140 valence electrons. The van der Waals surface area contributed by atoms with E-state index in [9.17, 15) is 4.79 Å². The summed E-state index contributed by atoms with van der Waals surface area (Å²) in [7, 11) is 3.73. The molecular formula is C19H24Cl2N4O. The van der Waals surface area contributed by atoms with Crippen LogP contribution in [0.25, 0.3) is 0 Å². The van der Waals surface area contributed by atoms with Crippen molar-refractivity contribution in [3.63, 3.8) is 0 Å². The summed E-state index contributed by atoms with van der Waals surface area (Å²) in [5.74, 6) is -0.00658. The van der Waals surface area contributed by atoms with E-state index in [2.05, 4.69) is 10.00 Å². The minimum atomic E-state index is -0.00658. The summed E-state index contributed by atoms with van der Waals surface area (Å²) in [4.78, 5) is 16.9. The highest BCUT2D eigenvalue weighted by Crippen LogP contribution is 2.24. The van der Waals surface area contributed by atoms with Crippen molar-refractivity contribution in [2.24, 2.45) is 7.05 Å². The molecule has 0 aliphatic carbocycles. The molecule has 1 amide bonds. The Bertz CT molecular complexity index is 777. The van der Waals surface area contributed by atoms with Crippen molar-refractivity contribution in [2.45, 2.75) is 32.4 Å². The number of aromatic nitrogens is 2. The number of benzene rings is 1. The molecule has 0 N–H and O–H groups in total. The Kier molecular flexibility index (Phi) is 5.90. The van der Waals surface area contributed by atoms with E-state index >= 15 is 0 Å². The molecule has 2 heterocycles. The summed E-state index contributed by atoms with van der Waals surface area (Å²) in [5, 5.41) is 5.66. The lowest BCUT2D eigenvalue weighted by Crippen LogP contribution is -2.45. The van der Waals surface area contributed by atoms with Gasteiger partial charge >= 0.3 is 0 Å². The molecule has 26 heavy (non-hydrogen) atoms. The van der Waals surface area contributed by atoms with Gasteiger partial charge in [-0.2, -0.15) is 5.10 Å². The standard InChI is InChI=1S/C19H24Cl2N4O/c1-13-10-18(22-24(13)3)19(26)23(2)16-6-8-25(9-7-16)12-14-4-5-15(20)11-17(14)21/h4-5,10-11,16H,6-9,12H2,1-3H3. The zero-order valence-corrected chi connectivity index (χ0v) is 16.9. The first kappa shape index (κ1) is 19.2. The maximum atomic E-state index is 12.7. The van der Waals surface area contributed by atoms with Crippen LogP contribution in [-0.2, 0) is 13.6 Å². The normalized spacial score (nSPS) is 16.0. The molecule has 0 radical (unpaired) electrons. The lowest BCUT2D eigenvalue weighted by Gasteiger charge is -2.36. The fourth-order valence-electron chi connectivity index (χ4n) is 3.37. The van der Waals surface area contributed by atoms with E-state index in [1.807, 2.05) is 44.1 Å². The first-order valence-corrected chi connectivity index (χ1v) is 9.55. The second-order valence-corrected chi connectivity index (χ2v) is 7.80. The van der Waals surface area contributed by atoms with E-state index < -0.39 is 0 Å². The van der Waals surface area contributed by atoms with Gasteiger partial charge in [-0.3, -0.25) is 14.4 Å². The third-order valence-corrected chi connectivity index (χ3v) is 5.75. The Morgan fingerprint density at radius 3 is 2.54 bits per heavy atom. The van der Waals surface area contributed by atoms with Crippen molar-refractivity contribution in [1.29, 1.82) is 0 Å². The topological polar surface area (TPSA) is 41.4 Å². The highest BCUT2D eigenvalue weighted by molar-refractivity contribution is 6.35. The largest absolute Gasteiger partial charge is 0.337 e. The van der Waals surface area contributed by atoms with Crippen LogP contribution in [-0.4, -0.2) is 51.7 Å². The van der Waals surface area contributed by atoms with Gasteiger partial charge in [-0.1, -0.05) is 29.3 Å². The predicted molar refractivity (Wildman–Crippen MR) is 105 cm³/mol. The molecule has 0 unspecified atom stereocenters. The van der Waals surface area contributed by atoms with Crippen LogP contribution in [0.2, 0.25) is 10.0 Å². The third-order valence-electron chi connectivity index (χ3n) is 5.17. The number of carbonyl (C=O) groups excluding carboxylic acids is 1. The summed E-state index contributed by atoms with van der Waals surface area (Å²) >= 11 is 12.2. The van der Waals surface area contributed by atoms with Gasteiger partial charge in [0.2, 0.25) is 0 Å². The molecule has 1 aliphatic rings. The number of halogens is 2. The number of aryl methyl sites for hydroxylation is 2. The number of rotatable bonds is 4. The van der Waals surface area contributed by atoms with Crippen molar-refractivity contribution in [1.82, 2.24) is 19.6 Å². The highest BCUT2D eigenvalue weighted by Gasteiger charge is 2.27. The van der Waals surface area contributed by atoms with Crippen molar-refractivity contribution in [3.8, 4) is 0 Å². The van der Waals surface area contributed by atoms with E-state index in [0.29, 0.717) is 15.7 Å². The molecule has 1 aliphatic heterocycles. The first-order valence-electron chi connectivity index (χ1n) is 8.79. The molecular weight excluding hydrogens is 371 g/mol. The fraction of sp³-hybridized carbons (Fsp3) is 0.474. The van der Waals surface area contributed by atoms with E-state index in [1.54, 1.807) is 10.7 Å². The number of amides is 1. The second-order valence-electron chi connectivity index (χ2n) is 6.95. The van der Waals surface area contributed by atoms with Gasteiger partial charge in [-0.05, 0) is 43.5 Å². The summed E-state index contributed by atoms with van der Waals surface area (Å²) in [6.07, 6.45) is 1.89. The number of hydrogen-bond donors (Lipinski definition) is 0. The SMILES string of the molecule is Cc1cc(C(=O)N(C)C2CCN(Cc3ccc(Cl)cc3Cl)CC2)nn1C. The summed E-state index contributed by atoms with van der Waals surface area (Å²) in [6, 6.07) is 7.72. The van der Waals surface area contributed by atoms with Gasteiger partial charge in [0.05, 0.1) is 0 Å². The van der Waals surface area contributed by atoms with Gasteiger partial charge in [-0.15, -0.1) is 0 Å². The van der Waals surface area contributed by atoms with Gasteiger partial charge in [0.1, 0.15) is 0 Å². The average molecular weight is 395 g/mol. The van der Waals surface area contributed by atoms with Crippen LogP contribution in [0.15, 0.2) is 24.3 Å². The van der Waals surface area contributed by atoms with Gasteiger partial charge < -0.3 is 4.90 Å². The van der Waals surface area contributed by atoms with Crippen molar-refractivity contribution in [2.75, 3.05) is 20.1 Å². The Balaban J connectivity index is 1.56. The fourth-order valence-corrected chi connectivity index (χ4v) is 3.84. The summed E-state index contributed by atoms with van der Waals surface area (Å²) in [5.41, 5.74) is 2.59. The monoisotopic (exact) mass is 394 g/mol. The van der Waals surface area contributed by atoms with Gasteiger partial charge in [0.15, 0.2) is 5.69 Å². The quantitative estimate of drug-likeness (QED) is 0.792. The summed E-state index contributed by atoms with van der Waals surface area (Å²) < 4.78 is 1.74. The minimum Gasteiger partial charge on any atom is -0.337 e. The van der Waals surface area contributed by atoms with Crippen molar-refractivity contribution < 1.29 is 4.79 Å². The van der Waals surface area contributed by atoms with Crippen LogP contribution in [0.1, 0.15) is 34.6 Å². The van der Waals surface area contributed by atoms with Crippen LogP contribution in [0, 0.1) is 6.92 Å². The molecule has 0 atom stereocenters. The average Bonchev–Trinajstić information content (AvgIpc) is 2.96. The van der Waals surface area contributed by atoms with Crippen LogP contribution in [0.3, 0.4) is 0 Å². The zero-order valence-electron chi connectivity index (χ0n) is 15.4. The second kappa shape index (κ2) is 7.99. The molecule has 1 fully saturated rings. The van der Waals surface area contributed by atoms with Crippen molar-refractivity contribution >= 4 is 29.1 Å². The smallest absolute Gasteiger partial charge is 0.274 e. The number of hydrogen-bond acceptors (Lipinski definition) is 3. The molecule has 1 aromatic heterocycles. The van der Waals surface area contributed by atoms with Crippen LogP contribution >= 0.6 is 23.2 Å². The molecule has 2 aromatic rings. The van der Waals surface area contributed by atoms with E-state index in [0.717, 1.165) is 43.7 Å². The Labute approximate surface area is 164 Å². The molecule has 0 spiro atoms. The highest BCUT2D eigenvalue weighted by atomic mass is 35.5. The molecule has 0 saturated carbocycles. The molecule has 7 heteroatoms. The Hall–Kier alpha value is -1.56. The van der Waals surface area contributed by atoms with Crippen molar-refractivity contribution in [3.05, 3.63) is 51.3 Å². The minimum absolute atomic E-state index is 0.00658. The molecule has 0 bridgehead atoms. The zero-order chi connectivity index (χ0) is 18.8. The number of likely N-dealkylation sites (tertiary alicyclic amines) is 1. The molecule has 1 saturated heterocycles. The van der Waals surface area contributed by atoms with Gasteiger partial charge in [-0.25, -0.2) is 0 Å². The van der Waals surface area contributed by atoms with Crippen LogP contribution in [0.5, 0.6) is 0 Å². The van der Waals surface area contributed by atoms with E-state index in [4.69, 9.17) is 23.2 Å². The number of piperidine rings is 1. The van der Waals surface area contributed by atoms with Gasteiger partial charge in [0.25, 0.3) is 5.91 Å². The van der Waals surface area contributed by atoms with Crippen LogP contribution < -0.4 is 0 Å². The maximum absolute atomic E-state index is 12.7. The van der Waals surface area contributed by atoms with E-state index in [1.165, 1.54) is 0 Å². The number of carbonyl (C=O) groups is 1. The molecule has 1 aromatic carbocycles. The maximum Gasteiger partial charge on any atom is 0.274 e. The van der Waals surface area contributed by atoms with Crippen LogP contribution in [0.4, 0.5) is 0 Å². The lowest BCUT2D eigenvalue weighted by molar-refractivity contribution is 0.0630. The number of nitrogens with zero attached hydrogens (tertiary/aromatic N) is 4. The molecule has 3 rings (SSSR count). The Morgan fingerprint density at radius 1 is 1.27 bits per heavy atom. The molecule has 5 nitrogen and oxygen atoms in total. The Morgan fingerprint density at radius 2 is 1.96 bits per heavy atom. The van der Waals surface area contributed by atoms with Gasteiger partial charge in [0, 0.05) is 55.5 Å². The lowest BCUT2D eigenvalue weighted by atomic mass is 10.0. The predicted octanol–water partition coefficient (Wildman–Crippen LogP) is 3.77. The third kappa shape index (κ3) is 4.22.